The SMILES string of the molecule is CC1CCC(C(C)C)C(NC(=O)CN(C)C(=O)OC(C)(C)C)C1. The van der Waals surface area contributed by atoms with Gasteiger partial charge in [-0.05, 0) is 51.4 Å². The molecule has 2 amide bonds. The van der Waals surface area contributed by atoms with Crippen molar-refractivity contribution >= 4 is 12.0 Å². The molecule has 0 spiro atoms. The maximum Gasteiger partial charge on any atom is 0.410 e. The topological polar surface area (TPSA) is 58.6 Å². The standard InChI is InChI=1S/C18H34N2O3/c1-12(2)14-9-8-13(3)10-15(14)19-16(21)11-20(7)17(22)23-18(4,5)6/h12-15H,8-11H2,1-7H3,(H,19,21). The van der Waals surface area contributed by atoms with Crippen molar-refractivity contribution in [2.45, 2.75) is 72.4 Å². The number of ether oxygens (including phenoxy) is 1. The summed E-state index contributed by atoms with van der Waals surface area (Å²) in [6.45, 7) is 12.1. The Bertz CT molecular complexity index is 415. The summed E-state index contributed by atoms with van der Waals surface area (Å²) in [5.74, 6) is 1.60. The van der Waals surface area contributed by atoms with E-state index >= 15 is 0 Å². The molecule has 0 saturated heterocycles. The van der Waals surface area contributed by atoms with E-state index in [0.29, 0.717) is 17.8 Å². The van der Waals surface area contributed by atoms with E-state index in [1.807, 2.05) is 20.8 Å². The monoisotopic (exact) mass is 326 g/mol. The molecule has 1 aliphatic carbocycles. The summed E-state index contributed by atoms with van der Waals surface area (Å²) in [4.78, 5) is 25.6. The third-order valence-electron chi connectivity index (χ3n) is 4.45. The highest BCUT2D eigenvalue weighted by atomic mass is 16.6. The molecular weight excluding hydrogens is 292 g/mol. The van der Waals surface area contributed by atoms with Gasteiger partial charge >= 0.3 is 6.09 Å². The van der Waals surface area contributed by atoms with E-state index < -0.39 is 11.7 Å². The van der Waals surface area contributed by atoms with Crippen LogP contribution < -0.4 is 5.32 Å². The molecular formula is C18H34N2O3. The van der Waals surface area contributed by atoms with Crippen molar-refractivity contribution in [3.63, 3.8) is 0 Å². The number of carbonyl (C=O) groups is 2. The number of likely N-dealkylation sites (N-methyl/N-ethyl adjacent to an activating group) is 1. The average molecular weight is 326 g/mol. The first kappa shape index (κ1) is 19.8. The molecule has 0 bridgehead atoms. The molecule has 1 rings (SSSR count). The van der Waals surface area contributed by atoms with Crippen LogP contribution in [0, 0.1) is 17.8 Å². The van der Waals surface area contributed by atoms with E-state index in [9.17, 15) is 9.59 Å². The maximum atomic E-state index is 12.3. The number of hydrogen-bond acceptors (Lipinski definition) is 3. The van der Waals surface area contributed by atoms with E-state index in [-0.39, 0.29) is 18.5 Å². The highest BCUT2D eigenvalue weighted by Gasteiger charge is 2.32. The number of hydrogen-bond donors (Lipinski definition) is 1. The predicted octanol–water partition coefficient (Wildman–Crippen LogP) is 3.43. The van der Waals surface area contributed by atoms with Crippen molar-refractivity contribution in [2.24, 2.45) is 17.8 Å². The van der Waals surface area contributed by atoms with Gasteiger partial charge in [-0.25, -0.2) is 4.79 Å². The normalized spacial score (nSPS) is 25.1. The molecule has 134 valence electrons. The molecule has 1 saturated carbocycles. The molecule has 0 aromatic rings. The lowest BCUT2D eigenvalue weighted by Gasteiger charge is -2.38. The van der Waals surface area contributed by atoms with Crippen LogP contribution >= 0.6 is 0 Å². The average Bonchev–Trinajstić information content (AvgIpc) is 2.35. The largest absolute Gasteiger partial charge is 0.444 e. The Hall–Kier alpha value is -1.26. The van der Waals surface area contributed by atoms with Gasteiger partial charge in [0.2, 0.25) is 5.91 Å². The Morgan fingerprint density at radius 1 is 1.26 bits per heavy atom. The molecule has 3 unspecified atom stereocenters. The zero-order chi connectivity index (χ0) is 17.8. The second kappa shape index (κ2) is 8.02. The van der Waals surface area contributed by atoms with Crippen LogP contribution in [0.4, 0.5) is 4.79 Å². The van der Waals surface area contributed by atoms with Crippen LogP contribution in [0.1, 0.15) is 60.8 Å². The van der Waals surface area contributed by atoms with E-state index in [2.05, 4.69) is 26.1 Å². The van der Waals surface area contributed by atoms with Crippen LogP contribution in [0.2, 0.25) is 0 Å². The summed E-state index contributed by atoms with van der Waals surface area (Å²) in [5, 5.41) is 3.14. The first-order valence-electron chi connectivity index (χ1n) is 8.73. The summed E-state index contributed by atoms with van der Waals surface area (Å²) in [6.07, 6.45) is 2.94. The molecule has 1 fully saturated rings. The van der Waals surface area contributed by atoms with E-state index in [1.165, 1.54) is 11.3 Å². The fraction of sp³-hybridized carbons (Fsp3) is 0.889. The number of nitrogens with zero attached hydrogens (tertiary/aromatic N) is 1. The van der Waals surface area contributed by atoms with E-state index in [4.69, 9.17) is 4.74 Å². The number of nitrogens with one attached hydrogen (secondary N) is 1. The van der Waals surface area contributed by atoms with Crippen molar-refractivity contribution in [3.05, 3.63) is 0 Å². The summed E-state index contributed by atoms with van der Waals surface area (Å²) in [7, 11) is 1.59. The first-order chi connectivity index (χ1) is 10.5. The Morgan fingerprint density at radius 3 is 2.39 bits per heavy atom. The third-order valence-corrected chi connectivity index (χ3v) is 4.45. The minimum atomic E-state index is -0.552. The van der Waals surface area contributed by atoms with Crippen molar-refractivity contribution < 1.29 is 14.3 Å². The smallest absolute Gasteiger partial charge is 0.410 e. The van der Waals surface area contributed by atoms with Gasteiger partial charge in [0, 0.05) is 13.1 Å². The molecule has 0 aromatic carbocycles. The number of carbonyl (C=O) groups excluding carboxylic acids is 2. The molecule has 0 aromatic heterocycles. The molecule has 3 atom stereocenters. The van der Waals surface area contributed by atoms with Gasteiger partial charge in [0.1, 0.15) is 12.1 Å². The lowest BCUT2D eigenvalue weighted by Crippen LogP contribution is -2.49. The second-order valence-corrected chi connectivity index (χ2v) is 8.34. The highest BCUT2D eigenvalue weighted by Crippen LogP contribution is 2.33. The van der Waals surface area contributed by atoms with Gasteiger partial charge in [0.05, 0.1) is 0 Å². The molecule has 0 heterocycles. The Morgan fingerprint density at radius 2 is 1.87 bits per heavy atom. The van der Waals surface area contributed by atoms with E-state index in [1.54, 1.807) is 7.05 Å². The van der Waals surface area contributed by atoms with Crippen molar-refractivity contribution in [1.29, 1.82) is 0 Å². The van der Waals surface area contributed by atoms with Gasteiger partial charge in [-0.15, -0.1) is 0 Å². The summed E-state index contributed by atoms with van der Waals surface area (Å²) in [6, 6.07) is 0.207. The van der Waals surface area contributed by atoms with Crippen LogP contribution in [0.25, 0.3) is 0 Å². The number of rotatable bonds is 4. The molecule has 1 N–H and O–H groups in total. The van der Waals surface area contributed by atoms with Crippen LogP contribution in [0.5, 0.6) is 0 Å². The van der Waals surface area contributed by atoms with Crippen molar-refractivity contribution in [2.75, 3.05) is 13.6 Å². The van der Waals surface area contributed by atoms with Gasteiger partial charge in [0.15, 0.2) is 0 Å². The lowest BCUT2D eigenvalue weighted by molar-refractivity contribution is -0.123. The molecule has 0 aliphatic heterocycles. The Labute approximate surface area is 141 Å². The fourth-order valence-electron chi connectivity index (χ4n) is 3.24. The zero-order valence-corrected chi connectivity index (χ0v) is 15.8. The van der Waals surface area contributed by atoms with Crippen LogP contribution in [-0.2, 0) is 9.53 Å². The number of amides is 2. The lowest BCUT2D eigenvalue weighted by atomic mass is 9.74. The zero-order valence-electron chi connectivity index (χ0n) is 15.8. The predicted molar refractivity (Wildman–Crippen MR) is 92.1 cm³/mol. The van der Waals surface area contributed by atoms with Gasteiger partial charge in [0.25, 0.3) is 0 Å². The van der Waals surface area contributed by atoms with Gasteiger partial charge in [-0.1, -0.05) is 27.2 Å². The fourth-order valence-corrected chi connectivity index (χ4v) is 3.24. The van der Waals surface area contributed by atoms with Crippen LogP contribution in [0.15, 0.2) is 0 Å². The highest BCUT2D eigenvalue weighted by molar-refractivity contribution is 5.82. The minimum absolute atomic E-state index is 0.0324. The summed E-state index contributed by atoms with van der Waals surface area (Å²) >= 11 is 0. The van der Waals surface area contributed by atoms with E-state index in [0.717, 1.165) is 12.8 Å². The quantitative estimate of drug-likeness (QED) is 0.861. The Balaban J connectivity index is 2.55. The first-order valence-corrected chi connectivity index (χ1v) is 8.73. The Kier molecular flexibility index (Phi) is 6.90. The summed E-state index contributed by atoms with van der Waals surface area (Å²) < 4.78 is 5.27. The van der Waals surface area contributed by atoms with Gasteiger partial charge in [-0.2, -0.15) is 0 Å². The molecule has 0 radical (unpaired) electrons. The van der Waals surface area contributed by atoms with Gasteiger partial charge in [-0.3, -0.25) is 4.79 Å². The van der Waals surface area contributed by atoms with Gasteiger partial charge < -0.3 is 15.0 Å². The third kappa shape index (κ3) is 6.80. The molecule has 5 nitrogen and oxygen atoms in total. The second-order valence-electron chi connectivity index (χ2n) is 8.34. The maximum absolute atomic E-state index is 12.3. The van der Waals surface area contributed by atoms with Crippen molar-refractivity contribution in [3.8, 4) is 0 Å². The van der Waals surface area contributed by atoms with Crippen LogP contribution in [0.3, 0.4) is 0 Å². The molecule has 23 heavy (non-hydrogen) atoms. The minimum Gasteiger partial charge on any atom is -0.444 e. The van der Waals surface area contributed by atoms with Crippen LogP contribution in [-0.4, -0.2) is 42.1 Å². The van der Waals surface area contributed by atoms with Crippen molar-refractivity contribution in [1.82, 2.24) is 10.2 Å². The molecule has 1 aliphatic rings. The molecule has 5 heteroatoms. The summed E-state index contributed by atoms with van der Waals surface area (Å²) in [5.41, 5.74) is -0.552.